The number of hydrogen-bond donors (Lipinski definition) is 0. The largest absolute Gasteiger partial charge is 0.265 e. The Balaban J connectivity index is 2.44. The first-order valence-corrected chi connectivity index (χ1v) is 7.87. The number of sulfone groups is 1. The summed E-state index contributed by atoms with van der Waals surface area (Å²) in [5.41, 5.74) is 1.47. The molecule has 0 aliphatic heterocycles. The Hall–Kier alpha value is -1.46. The first-order valence-electron chi connectivity index (χ1n) is 5.84. The van der Waals surface area contributed by atoms with Crippen LogP contribution < -0.4 is 0 Å². The topological polar surface area (TPSA) is 59.9 Å². The number of halogens is 1. The monoisotopic (exact) mass is 296 g/mol. The Morgan fingerprint density at radius 2 is 1.84 bits per heavy atom. The first-order chi connectivity index (χ1) is 9.04. The highest BCUT2D eigenvalue weighted by atomic mass is 35.5. The lowest BCUT2D eigenvalue weighted by Crippen LogP contribution is -2.07. The van der Waals surface area contributed by atoms with Gasteiger partial charge in [0.2, 0.25) is 0 Å². The summed E-state index contributed by atoms with van der Waals surface area (Å²) in [4.78, 5) is 8.16. The van der Waals surface area contributed by atoms with Gasteiger partial charge in [0.25, 0.3) is 0 Å². The van der Waals surface area contributed by atoms with Crippen molar-refractivity contribution >= 4 is 21.4 Å². The molecule has 0 saturated carbocycles. The van der Waals surface area contributed by atoms with Gasteiger partial charge in [0.15, 0.2) is 9.84 Å². The first kappa shape index (κ1) is 14.0. The molecule has 0 saturated heterocycles. The predicted molar refractivity (Wildman–Crippen MR) is 74.8 cm³/mol. The van der Waals surface area contributed by atoms with E-state index in [1.807, 2.05) is 6.92 Å². The molecule has 0 atom stereocenters. The highest BCUT2D eigenvalue weighted by Crippen LogP contribution is 2.25. The summed E-state index contributed by atoms with van der Waals surface area (Å²) in [6.07, 6.45) is 3.84. The quantitative estimate of drug-likeness (QED) is 0.814. The van der Waals surface area contributed by atoms with Gasteiger partial charge in [0, 0.05) is 18.0 Å². The molecule has 0 spiro atoms. The van der Waals surface area contributed by atoms with Crippen molar-refractivity contribution in [3.05, 3.63) is 41.8 Å². The van der Waals surface area contributed by atoms with Crippen LogP contribution >= 0.6 is 11.6 Å². The van der Waals surface area contributed by atoms with Crippen molar-refractivity contribution in [2.24, 2.45) is 0 Å². The van der Waals surface area contributed by atoms with Crippen molar-refractivity contribution < 1.29 is 8.42 Å². The Morgan fingerprint density at radius 3 is 2.42 bits per heavy atom. The molecule has 19 heavy (non-hydrogen) atoms. The zero-order chi connectivity index (χ0) is 13.9. The van der Waals surface area contributed by atoms with Crippen molar-refractivity contribution in [3.63, 3.8) is 0 Å². The molecule has 0 aliphatic carbocycles. The van der Waals surface area contributed by atoms with Gasteiger partial charge in [-0.05, 0) is 30.7 Å². The highest BCUT2D eigenvalue weighted by Gasteiger charge is 2.18. The molecule has 4 nitrogen and oxygen atoms in total. The number of hydrogen-bond acceptors (Lipinski definition) is 4. The summed E-state index contributed by atoms with van der Waals surface area (Å²) in [5.74, 6) is 0.0724. The lowest BCUT2D eigenvalue weighted by atomic mass is 10.2. The van der Waals surface area contributed by atoms with Gasteiger partial charge in [-0.2, -0.15) is 0 Å². The van der Waals surface area contributed by atoms with Gasteiger partial charge >= 0.3 is 0 Å². The van der Waals surface area contributed by atoms with Crippen molar-refractivity contribution in [1.29, 1.82) is 0 Å². The van der Waals surface area contributed by atoms with E-state index in [0.29, 0.717) is 12.1 Å². The molecule has 0 N–H and O–H groups in total. The van der Waals surface area contributed by atoms with Crippen LogP contribution in [0.2, 0.25) is 5.15 Å². The van der Waals surface area contributed by atoms with E-state index in [2.05, 4.69) is 9.97 Å². The van der Waals surface area contributed by atoms with E-state index in [1.54, 1.807) is 30.6 Å². The molecule has 0 amide bonds. The van der Waals surface area contributed by atoms with Crippen molar-refractivity contribution in [2.75, 3.05) is 5.75 Å². The fourth-order valence-corrected chi connectivity index (χ4v) is 3.56. The maximum atomic E-state index is 12.0. The predicted octanol–water partition coefficient (Wildman–Crippen LogP) is 2.98. The SMILES string of the molecule is CCCS(=O)(=O)c1ccc(-c2ccncc2)nc1Cl. The van der Waals surface area contributed by atoms with Crippen LogP contribution in [-0.2, 0) is 9.84 Å². The molecule has 2 rings (SSSR count). The van der Waals surface area contributed by atoms with Crippen LogP contribution in [-0.4, -0.2) is 24.1 Å². The van der Waals surface area contributed by atoms with E-state index in [0.717, 1.165) is 5.56 Å². The second kappa shape index (κ2) is 5.67. The van der Waals surface area contributed by atoms with E-state index in [-0.39, 0.29) is 15.8 Å². The summed E-state index contributed by atoms with van der Waals surface area (Å²) >= 11 is 5.99. The molecule has 2 heterocycles. The van der Waals surface area contributed by atoms with Crippen LogP contribution in [0, 0.1) is 0 Å². The summed E-state index contributed by atoms with van der Waals surface area (Å²) in [7, 11) is -3.35. The smallest absolute Gasteiger partial charge is 0.181 e. The molecule has 2 aromatic heterocycles. The molecule has 6 heteroatoms. The van der Waals surface area contributed by atoms with Gasteiger partial charge in [-0.15, -0.1) is 0 Å². The summed E-state index contributed by atoms with van der Waals surface area (Å²) in [6.45, 7) is 1.81. The normalized spacial score (nSPS) is 11.5. The number of rotatable bonds is 4. The minimum Gasteiger partial charge on any atom is -0.265 e. The molecule has 100 valence electrons. The lowest BCUT2D eigenvalue weighted by Gasteiger charge is -2.07. The second-order valence-electron chi connectivity index (χ2n) is 4.04. The van der Waals surface area contributed by atoms with Crippen LogP contribution in [0.4, 0.5) is 0 Å². The Bertz CT molecular complexity index is 672. The van der Waals surface area contributed by atoms with Crippen molar-refractivity contribution in [2.45, 2.75) is 18.2 Å². The summed E-state index contributed by atoms with van der Waals surface area (Å²) in [5, 5.41) is 0.0164. The van der Waals surface area contributed by atoms with Crippen LogP contribution in [0.25, 0.3) is 11.3 Å². The highest BCUT2D eigenvalue weighted by molar-refractivity contribution is 7.91. The standard InChI is InChI=1S/C13H13ClN2O2S/c1-2-9-19(17,18)12-4-3-11(16-13(12)14)10-5-7-15-8-6-10/h3-8H,2,9H2,1H3. The minimum atomic E-state index is -3.35. The van der Waals surface area contributed by atoms with Crippen molar-refractivity contribution in [1.82, 2.24) is 9.97 Å². The molecule has 0 aromatic carbocycles. The minimum absolute atomic E-state index is 0.0164. The fraction of sp³-hybridized carbons (Fsp3) is 0.231. The molecule has 0 radical (unpaired) electrons. The van der Waals surface area contributed by atoms with E-state index in [1.165, 1.54) is 6.07 Å². The van der Waals surface area contributed by atoms with Gasteiger partial charge < -0.3 is 0 Å². The molecular weight excluding hydrogens is 284 g/mol. The zero-order valence-electron chi connectivity index (χ0n) is 10.4. The molecule has 0 fully saturated rings. The van der Waals surface area contributed by atoms with Gasteiger partial charge in [0.1, 0.15) is 10.0 Å². The Morgan fingerprint density at radius 1 is 1.16 bits per heavy atom. The van der Waals surface area contributed by atoms with Crippen LogP contribution in [0.5, 0.6) is 0 Å². The fourth-order valence-electron chi connectivity index (χ4n) is 1.72. The average molecular weight is 297 g/mol. The van der Waals surface area contributed by atoms with Gasteiger partial charge in [-0.25, -0.2) is 13.4 Å². The molecular formula is C13H13ClN2O2S. The maximum Gasteiger partial charge on any atom is 0.181 e. The van der Waals surface area contributed by atoms with Crippen LogP contribution in [0.15, 0.2) is 41.6 Å². The zero-order valence-corrected chi connectivity index (χ0v) is 11.9. The lowest BCUT2D eigenvalue weighted by molar-refractivity contribution is 0.594. The third-order valence-corrected chi connectivity index (χ3v) is 4.94. The molecule has 0 unspecified atom stereocenters. The van der Waals surface area contributed by atoms with Crippen LogP contribution in [0.3, 0.4) is 0 Å². The third kappa shape index (κ3) is 3.11. The van der Waals surface area contributed by atoms with Crippen LogP contribution in [0.1, 0.15) is 13.3 Å². The van der Waals surface area contributed by atoms with E-state index >= 15 is 0 Å². The maximum absolute atomic E-state index is 12.0. The molecule has 2 aromatic rings. The van der Waals surface area contributed by atoms with E-state index in [9.17, 15) is 8.42 Å². The van der Waals surface area contributed by atoms with E-state index < -0.39 is 9.84 Å². The second-order valence-corrected chi connectivity index (χ2v) is 6.48. The Labute approximate surface area is 117 Å². The average Bonchev–Trinajstić information content (AvgIpc) is 2.39. The van der Waals surface area contributed by atoms with Gasteiger partial charge in [-0.3, -0.25) is 4.98 Å². The number of nitrogens with zero attached hydrogens (tertiary/aromatic N) is 2. The van der Waals surface area contributed by atoms with Gasteiger partial charge in [0.05, 0.1) is 11.4 Å². The van der Waals surface area contributed by atoms with Gasteiger partial charge in [-0.1, -0.05) is 18.5 Å². The van der Waals surface area contributed by atoms with E-state index in [4.69, 9.17) is 11.6 Å². The Kier molecular flexibility index (Phi) is 4.17. The third-order valence-electron chi connectivity index (χ3n) is 2.60. The number of pyridine rings is 2. The molecule has 0 bridgehead atoms. The summed E-state index contributed by atoms with van der Waals surface area (Å²) < 4.78 is 23.9. The van der Waals surface area contributed by atoms with Crippen molar-refractivity contribution in [3.8, 4) is 11.3 Å². The molecule has 0 aliphatic rings. The number of aromatic nitrogens is 2. The summed E-state index contributed by atoms with van der Waals surface area (Å²) in [6, 6.07) is 6.75.